The van der Waals surface area contributed by atoms with Crippen molar-refractivity contribution >= 4 is 5.78 Å². The molecule has 18 heavy (non-hydrogen) atoms. The van der Waals surface area contributed by atoms with Gasteiger partial charge in [-0.1, -0.05) is 20.8 Å². The highest BCUT2D eigenvalue weighted by Crippen LogP contribution is 2.06. The average molecular weight is 251 g/mol. The van der Waals surface area contributed by atoms with Gasteiger partial charge in [-0.15, -0.1) is 0 Å². The molecule has 102 valence electrons. The first-order valence-corrected chi connectivity index (χ1v) is 6.79. The molecule has 4 nitrogen and oxygen atoms in total. The van der Waals surface area contributed by atoms with Crippen molar-refractivity contribution in [2.24, 2.45) is 7.05 Å². The zero-order valence-corrected chi connectivity index (χ0v) is 12.0. The Morgan fingerprint density at radius 3 is 2.78 bits per heavy atom. The lowest BCUT2D eigenvalue weighted by molar-refractivity contribution is -0.118. The van der Waals surface area contributed by atoms with Crippen molar-refractivity contribution in [2.45, 2.75) is 52.5 Å². The number of rotatable bonds is 8. The molecule has 0 aromatic carbocycles. The number of nitrogens with one attached hydrogen (secondary N) is 1. The molecule has 0 spiro atoms. The zero-order chi connectivity index (χ0) is 13.5. The zero-order valence-electron chi connectivity index (χ0n) is 12.0. The van der Waals surface area contributed by atoms with E-state index in [-0.39, 0.29) is 0 Å². The maximum atomic E-state index is 11.8. The van der Waals surface area contributed by atoms with Gasteiger partial charge in [0.1, 0.15) is 5.78 Å². The van der Waals surface area contributed by atoms with Gasteiger partial charge in [-0.2, -0.15) is 5.10 Å². The predicted molar refractivity (Wildman–Crippen MR) is 73.7 cm³/mol. The minimum atomic E-state index is 0.297. The van der Waals surface area contributed by atoms with Crippen LogP contribution in [0.15, 0.2) is 6.07 Å². The summed E-state index contributed by atoms with van der Waals surface area (Å²) >= 11 is 0. The maximum Gasteiger partial charge on any atom is 0.138 e. The Hall–Kier alpha value is -1.16. The molecular formula is C14H25N3O. The number of hydrogen-bond acceptors (Lipinski definition) is 3. The number of carbonyl (C=O) groups excluding carboxylic acids is 1. The van der Waals surface area contributed by atoms with E-state index >= 15 is 0 Å². The second-order valence-electron chi connectivity index (χ2n) is 5.03. The average Bonchev–Trinajstić information content (AvgIpc) is 2.65. The molecule has 1 aromatic heterocycles. The molecule has 0 aliphatic carbocycles. The van der Waals surface area contributed by atoms with Crippen molar-refractivity contribution in [3.63, 3.8) is 0 Å². The van der Waals surface area contributed by atoms with Crippen LogP contribution in [0.5, 0.6) is 0 Å². The molecule has 0 fully saturated rings. The second-order valence-corrected chi connectivity index (χ2v) is 5.03. The van der Waals surface area contributed by atoms with Crippen LogP contribution in [0, 0.1) is 0 Å². The van der Waals surface area contributed by atoms with E-state index < -0.39 is 0 Å². The van der Waals surface area contributed by atoms with Crippen molar-refractivity contribution in [3.8, 4) is 0 Å². The van der Waals surface area contributed by atoms with E-state index in [2.05, 4.69) is 31.2 Å². The second kappa shape index (κ2) is 7.31. The van der Waals surface area contributed by atoms with Gasteiger partial charge in [-0.3, -0.25) is 9.48 Å². The maximum absolute atomic E-state index is 11.8. The normalized spacial score (nSPS) is 11.2. The number of carbonyl (C=O) groups is 1. The highest BCUT2D eigenvalue weighted by Gasteiger charge is 2.09. The molecule has 0 unspecified atom stereocenters. The fourth-order valence-electron chi connectivity index (χ4n) is 1.88. The number of Topliss-reactive ketones (excluding diaryl/α,β-unsaturated/α-hetero) is 1. The smallest absolute Gasteiger partial charge is 0.138 e. The van der Waals surface area contributed by atoms with Crippen LogP contribution in [-0.4, -0.2) is 28.2 Å². The monoisotopic (exact) mass is 251 g/mol. The van der Waals surface area contributed by atoms with Crippen LogP contribution in [0.25, 0.3) is 0 Å². The van der Waals surface area contributed by atoms with E-state index in [1.807, 2.05) is 17.8 Å². The van der Waals surface area contributed by atoms with Gasteiger partial charge in [-0.25, -0.2) is 0 Å². The number of nitrogens with zero attached hydrogens (tertiary/aromatic N) is 2. The molecule has 1 rings (SSSR count). The van der Waals surface area contributed by atoms with Gasteiger partial charge >= 0.3 is 0 Å². The van der Waals surface area contributed by atoms with Gasteiger partial charge in [0.15, 0.2) is 0 Å². The fraction of sp³-hybridized carbons (Fsp3) is 0.714. The van der Waals surface area contributed by atoms with Gasteiger partial charge in [-0.05, 0) is 25.5 Å². The molecule has 0 aliphatic rings. The standard InChI is InChI=1S/C14H25N3O/c1-5-12-9-13(17(4)16-12)10-14(18)7-6-8-15-11(2)3/h9,11,15H,5-8,10H2,1-4H3. The molecule has 1 N–H and O–H groups in total. The predicted octanol–water partition coefficient (Wildman–Crippen LogP) is 1.87. The van der Waals surface area contributed by atoms with Crippen molar-refractivity contribution in [2.75, 3.05) is 6.54 Å². The van der Waals surface area contributed by atoms with E-state index in [0.717, 1.165) is 30.8 Å². The highest BCUT2D eigenvalue weighted by molar-refractivity contribution is 5.80. The largest absolute Gasteiger partial charge is 0.315 e. The Balaban J connectivity index is 2.33. The number of hydrogen-bond donors (Lipinski definition) is 1. The van der Waals surface area contributed by atoms with Crippen molar-refractivity contribution in [1.29, 1.82) is 0 Å². The molecule has 0 bridgehead atoms. The summed E-state index contributed by atoms with van der Waals surface area (Å²) in [7, 11) is 1.90. The van der Waals surface area contributed by atoms with E-state index in [1.165, 1.54) is 0 Å². The van der Waals surface area contributed by atoms with Gasteiger partial charge in [0.2, 0.25) is 0 Å². The molecule has 0 amide bonds. The van der Waals surface area contributed by atoms with E-state index in [9.17, 15) is 4.79 Å². The lowest BCUT2D eigenvalue weighted by atomic mass is 10.1. The molecular weight excluding hydrogens is 226 g/mol. The third-order valence-electron chi connectivity index (χ3n) is 2.95. The molecule has 4 heteroatoms. The molecule has 0 saturated heterocycles. The summed E-state index contributed by atoms with van der Waals surface area (Å²) in [6, 6.07) is 2.52. The summed E-state index contributed by atoms with van der Waals surface area (Å²) in [5.41, 5.74) is 2.08. The summed E-state index contributed by atoms with van der Waals surface area (Å²) in [5, 5.41) is 7.67. The highest BCUT2D eigenvalue weighted by atomic mass is 16.1. The lowest BCUT2D eigenvalue weighted by Crippen LogP contribution is -2.24. The van der Waals surface area contributed by atoms with E-state index in [1.54, 1.807) is 0 Å². The van der Waals surface area contributed by atoms with Crippen LogP contribution in [0.1, 0.15) is 45.0 Å². The van der Waals surface area contributed by atoms with Crippen LogP contribution in [0.4, 0.5) is 0 Å². The number of aromatic nitrogens is 2. The van der Waals surface area contributed by atoms with Gasteiger partial charge in [0.05, 0.1) is 5.69 Å². The Labute approximate surface area is 110 Å². The minimum absolute atomic E-state index is 0.297. The van der Waals surface area contributed by atoms with E-state index in [4.69, 9.17) is 0 Å². The van der Waals surface area contributed by atoms with Gasteiger partial charge in [0, 0.05) is 31.6 Å². The Bertz CT molecular complexity index is 382. The van der Waals surface area contributed by atoms with Crippen LogP contribution < -0.4 is 5.32 Å². The van der Waals surface area contributed by atoms with Crippen LogP contribution in [-0.2, 0) is 24.7 Å². The quantitative estimate of drug-likeness (QED) is 0.718. The van der Waals surface area contributed by atoms with Gasteiger partial charge in [0.25, 0.3) is 0 Å². The number of ketones is 1. The first kappa shape index (κ1) is 14.9. The first-order chi connectivity index (χ1) is 8.52. The van der Waals surface area contributed by atoms with E-state index in [0.29, 0.717) is 24.7 Å². The molecule has 1 heterocycles. The Morgan fingerprint density at radius 2 is 2.22 bits per heavy atom. The van der Waals surface area contributed by atoms with Crippen molar-refractivity contribution < 1.29 is 4.79 Å². The lowest BCUT2D eigenvalue weighted by Gasteiger charge is -2.07. The van der Waals surface area contributed by atoms with Crippen LogP contribution in [0.2, 0.25) is 0 Å². The van der Waals surface area contributed by atoms with Crippen molar-refractivity contribution in [1.82, 2.24) is 15.1 Å². The summed E-state index contributed by atoms with van der Waals surface area (Å²) in [6.07, 6.45) is 2.98. The topological polar surface area (TPSA) is 46.9 Å². The first-order valence-electron chi connectivity index (χ1n) is 6.79. The summed E-state index contributed by atoms with van der Waals surface area (Å²) in [5.74, 6) is 0.297. The Morgan fingerprint density at radius 1 is 1.50 bits per heavy atom. The van der Waals surface area contributed by atoms with Crippen LogP contribution >= 0.6 is 0 Å². The Kier molecular flexibility index (Phi) is 6.05. The SMILES string of the molecule is CCc1cc(CC(=O)CCCNC(C)C)n(C)n1. The molecule has 0 atom stereocenters. The summed E-state index contributed by atoms with van der Waals surface area (Å²) in [6.45, 7) is 7.22. The third-order valence-corrected chi connectivity index (χ3v) is 2.95. The van der Waals surface area contributed by atoms with Gasteiger partial charge < -0.3 is 5.32 Å². The van der Waals surface area contributed by atoms with Crippen molar-refractivity contribution in [3.05, 3.63) is 17.5 Å². The fourth-order valence-corrected chi connectivity index (χ4v) is 1.88. The summed E-state index contributed by atoms with van der Waals surface area (Å²) in [4.78, 5) is 11.8. The van der Waals surface area contributed by atoms with Crippen LogP contribution in [0.3, 0.4) is 0 Å². The molecule has 1 aromatic rings. The molecule has 0 saturated carbocycles. The summed E-state index contributed by atoms with van der Waals surface area (Å²) < 4.78 is 1.82. The molecule has 0 aliphatic heterocycles. The molecule has 0 radical (unpaired) electrons. The minimum Gasteiger partial charge on any atom is -0.315 e. The number of aryl methyl sites for hydroxylation is 2. The third kappa shape index (κ3) is 5.00.